The van der Waals surface area contributed by atoms with Gasteiger partial charge in [-0.15, -0.1) is 0 Å². The van der Waals surface area contributed by atoms with Crippen molar-refractivity contribution in [3.63, 3.8) is 0 Å². The van der Waals surface area contributed by atoms with Crippen LogP contribution in [0, 0.1) is 22.9 Å². The van der Waals surface area contributed by atoms with E-state index in [2.05, 4.69) is 0 Å². The van der Waals surface area contributed by atoms with Gasteiger partial charge in [0.05, 0.1) is 6.61 Å². The van der Waals surface area contributed by atoms with Gasteiger partial charge in [-0.1, -0.05) is 6.07 Å². The maximum atomic E-state index is 14.3. The lowest BCUT2D eigenvalue weighted by atomic mass is 9.77. The molecule has 5 nitrogen and oxygen atoms in total. The first kappa shape index (κ1) is 24.1. The van der Waals surface area contributed by atoms with Crippen molar-refractivity contribution in [1.82, 2.24) is 9.80 Å². The van der Waals surface area contributed by atoms with Crippen LogP contribution in [0.1, 0.15) is 48.9 Å². The van der Waals surface area contributed by atoms with E-state index in [-0.39, 0.29) is 31.3 Å². The van der Waals surface area contributed by atoms with E-state index < -0.39 is 28.5 Å². The average Bonchev–Trinajstić information content (AvgIpc) is 2.84. The van der Waals surface area contributed by atoms with Crippen molar-refractivity contribution >= 4 is 11.8 Å². The Morgan fingerprint density at radius 3 is 2.18 bits per heavy atom. The Labute approximate surface area is 197 Å². The van der Waals surface area contributed by atoms with Crippen LogP contribution in [0.3, 0.4) is 0 Å². The third kappa shape index (κ3) is 5.54. The molecule has 1 atom stereocenters. The van der Waals surface area contributed by atoms with Gasteiger partial charge in [0.2, 0.25) is 5.91 Å². The Kier molecular flexibility index (Phi) is 7.44. The number of carbonyl (C=O) groups is 2. The molecule has 4 rings (SSSR count). The van der Waals surface area contributed by atoms with Crippen molar-refractivity contribution in [2.75, 3.05) is 32.8 Å². The molecule has 0 spiro atoms. The van der Waals surface area contributed by atoms with E-state index in [1.165, 1.54) is 35.2 Å². The van der Waals surface area contributed by atoms with Crippen LogP contribution in [0.4, 0.5) is 13.2 Å². The van der Waals surface area contributed by atoms with Crippen LogP contribution in [0.25, 0.3) is 0 Å². The standard InChI is InChI=1S/C26H29F3N2O3/c27-19-8-10-20(11-9-19)34-18-26(16-23(32)30-13-2-1-3-14-30)12-5-15-31(17-26)25(33)24-21(28)6-4-7-22(24)29/h4,6-11H,1-3,5,12-18H2/t26-/m0/s1. The zero-order valence-corrected chi connectivity index (χ0v) is 19.1. The van der Waals surface area contributed by atoms with E-state index in [1.807, 2.05) is 4.90 Å². The Morgan fingerprint density at radius 1 is 0.853 bits per heavy atom. The molecule has 2 heterocycles. The van der Waals surface area contributed by atoms with Gasteiger partial charge in [0.25, 0.3) is 5.91 Å². The quantitative estimate of drug-likeness (QED) is 0.604. The zero-order chi connectivity index (χ0) is 24.1. The minimum atomic E-state index is -0.909. The molecule has 0 aromatic heterocycles. The highest BCUT2D eigenvalue weighted by molar-refractivity contribution is 5.95. The fourth-order valence-electron chi connectivity index (χ4n) is 4.90. The van der Waals surface area contributed by atoms with Crippen molar-refractivity contribution in [3.05, 3.63) is 65.5 Å². The molecule has 0 radical (unpaired) electrons. The molecule has 0 N–H and O–H groups in total. The first-order valence-corrected chi connectivity index (χ1v) is 11.8. The molecule has 2 aliphatic rings. The molecule has 8 heteroatoms. The van der Waals surface area contributed by atoms with Crippen LogP contribution in [-0.2, 0) is 4.79 Å². The summed E-state index contributed by atoms with van der Waals surface area (Å²) in [4.78, 5) is 29.5. The molecule has 0 saturated carbocycles. The largest absolute Gasteiger partial charge is 0.493 e. The predicted molar refractivity (Wildman–Crippen MR) is 121 cm³/mol. The molecule has 2 saturated heterocycles. The maximum absolute atomic E-state index is 14.3. The van der Waals surface area contributed by atoms with E-state index in [9.17, 15) is 22.8 Å². The van der Waals surface area contributed by atoms with Crippen molar-refractivity contribution < 1.29 is 27.5 Å². The van der Waals surface area contributed by atoms with Gasteiger partial charge < -0.3 is 14.5 Å². The molecule has 2 aromatic carbocycles. The number of likely N-dealkylation sites (tertiary alicyclic amines) is 2. The minimum absolute atomic E-state index is 0.00576. The number of carbonyl (C=O) groups excluding carboxylic acids is 2. The van der Waals surface area contributed by atoms with Crippen LogP contribution in [0.5, 0.6) is 5.75 Å². The van der Waals surface area contributed by atoms with Crippen LogP contribution < -0.4 is 4.74 Å². The number of halogens is 3. The molecule has 0 aliphatic carbocycles. The van der Waals surface area contributed by atoms with Gasteiger partial charge in [-0.25, -0.2) is 13.2 Å². The van der Waals surface area contributed by atoms with E-state index in [4.69, 9.17) is 4.74 Å². The summed E-state index contributed by atoms with van der Waals surface area (Å²) < 4.78 is 47.8. The molecule has 182 valence electrons. The van der Waals surface area contributed by atoms with Crippen molar-refractivity contribution in [2.45, 2.75) is 38.5 Å². The fourth-order valence-corrected chi connectivity index (χ4v) is 4.90. The Hall–Kier alpha value is -3.03. The number of benzene rings is 2. The van der Waals surface area contributed by atoms with Crippen molar-refractivity contribution in [2.24, 2.45) is 5.41 Å². The van der Waals surface area contributed by atoms with E-state index in [1.54, 1.807) is 0 Å². The normalized spacial score (nSPS) is 20.8. The van der Waals surface area contributed by atoms with Crippen LogP contribution in [-0.4, -0.2) is 54.4 Å². The number of amides is 2. The van der Waals surface area contributed by atoms with E-state index in [0.717, 1.165) is 31.4 Å². The second-order valence-corrected chi connectivity index (χ2v) is 9.29. The molecule has 0 unspecified atom stereocenters. The summed E-state index contributed by atoms with van der Waals surface area (Å²) in [7, 11) is 0. The number of hydrogen-bond acceptors (Lipinski definition) is 3. The number of rotatable bonds is 6. The Morgan fingerprint density at radius 2 is 1.50 bits per heavy atom. The molecule has 2 aromatic rings. The van der Waals surface area contributed by atoms with Crippen LogP contribution in [0.2, 0.25) is 0 Å². The monoisotopic (exact) mass is 474 g/mol. The lowest BCUT2D eigenvalue weighted by Gasteiger charge is -2.43. The molecule has 0 bridgehead atoms. The smallest absolute Gasteiger partial charge is 0.259 e. The van der Waals surface area contributed by atoms with Crippen molar-refractivity contribution in [1.29, 1.82) is 0 Å². The molecule has 2 amide bonds. The van der Waals surface area contributed by atoms with Crippen LogP contribution in [0.15, 0.2) is 42.5 Å². The first-order chi connectivity index (χ1) is 16.4. The van der Waals surface area contributed by atoms with Gasteiger partial charge in [-0.3, -0.25) is 9.59 Å². The zero-order valence-electron chi connectivity index (χ0n) is 19.1. The average molecular weight is 475 g/mol. The molecule has 34 heavy (non-hydrogen) atoms. The summed E-state index contributed by atoms with van der Waals surface area (Å²) in [5.74, 6) is -2.49. The van der Waals surface area contributed by atoms with Crippen LogP contribution >= 0.6 is 0 Å². The van der Waals surface area contributed by atoms with E-state index >= 15 is 0 Å². The van der Waals surface area contributed by atoms with Crippen molar-refractivity contribution in [3.8, 4) is 5.75 Å². The van der Waals surface area contributed by atoms with Gasteiger partial charge in [-0.05, 0) is 68.5 Å². The summed E-state index contributed by atoms with van der Waals surface area (Å²) in [6.45, 7) is 2.01. The molecule has 2 fully saturated rings. The predicted octanol–water partition coefficient (Wildman–Crippen LogP) is 4.81. The fraction of sp³-hybridized carbons (Fsp3) is 0.462. The summed E-state index contributed by atoms with van der Waals surface area (Å²) in [5.41, 5.74) is -1.31. The summed E-state index contributed by atoms with van der Waals surface area (Å²) >= 11 is 0. The Bertz CT molecular complexity index is 1000. The highest BCUT2D eigenvalue weighted by Crippen LogP contribution is 2.36. The number of ether oxygens (including phenoxy) is 1. The van der Waals surface area contributed by atoms with Gasteiger partial charge in [0.1, 0.15) is 28.8 Å². The second-order valence-electron chi connectivity index (χ2n) is 9.29. The lowest BCUT2D eigenvalue weighted by molar-refractivity contribution is -0.136. The molecular weight excluding hydrogens is 445 g/mol. The SMILES string of the molecule is O=C(C[C@@]1(COc2ccc(F)cc2)CCCN(C(=O)c2c(F)cccc2F)C1)N1CCCCC1. The molecular formula is C26H29F3N2O3. The number of nitrogens with zero attached hydrogens (tertiary/aromatic N) is 2. The van der Waals surface area contributed by atoms with Gasteiger partial charge >= 0.3 is 0 Å². The lowest BCUT2D eigenvalue weighted by Crippen LogP contribution is -2.51. The summed E-state index contributed by atoms with van der Waals surface area (Å²) in [6.07, 6.45) is 4.37. The maximum Gasteiger partial charge on any atom is 0.259 e. The summed E-state index contributed by atoms with van der Waals surface area (Å²) in [6, 6.07) is 8.94. The number of piperidine rings is 2. The molecule has 2 aliphatic heterocycles. The minimum Gasteiger partial charge on any atom is -0.493 e. The second kappa shape index (κ2) is 10.5. The first-order valence-electron chi connectivity index (χ1n) is 11.8. The van der Waals surface area contributed by atoms with E-state index in [0.29, 0.717) is 38.2 Å². The van der Waals surface area contributed by atoms with Gasteiger partial charge in [-0.2, -0.15) is 0 Å². The Balaban J connectivity index is 1.56. The highest BCUT2D eigenvalue weighted by Gasteiger charge is 2.42. The topological polar surface area (TPSA) is 49.9 Å². The summed E-state index contributed by atoms with van der Waals surface area (Å²) in [5, 5.41) is 0. The third-order valence-corrected chi connectivity index (χ3v) is 6.72. The third-order valence-electron chi connectivity index (χ3n) is 6.72. The van der Waals surface area contributed by atoms with Gasteiger partial charge in [0, 0.05) is 38.0 Å². The van der Waals surface area contributed by atoms with Gasteiger partial charge in [0.15, 0.2) is 0 Å². The highest BCUT2D eigenvalue weighted by atomic mass is 19.1. The number of hydrogen-bond donors (Lipinski definition) is 0.